The van der Waals surface area contributed by atoms with Crippen molar-refractivity contribution in [2.75, 3.05) is 18.4 Å². The van der Waals surface area contributed by atoms with Crippen LogP contribution in [-0.2, 0) is 9.59 Å². The third-order valence-electron chi connectivity index (χ3n) is 5.47. The molecule has 2 amide bonds. The Kier molecular flexibility index (Phi) is 7.48. The number of rotatable bonds is 9. The molecular formula is C23H22ClN7O4. The van der Waals surface area contributed by atoms with Gasteiger partial charge in [-0.3, -0.25) is 9.59 Å². The summed E-state index contributed by atoms with van der Waals surface area (Å²) in [7, 11) is 0. The second-order valence-electron chi connectivity index (χ2n) is 7.98. The van der Waals surface area contributed by atoms with Crippen LogP contribution in [0.1, 0.15) is 22.3 Å². The molecule has 1 saturated heterocycles. The number of hydrogen-bond donors (Lipinski definition) is 4. The quantitative estimate of drug-likeness (QED) is 0.328. The Balaban J connectivity index is 1.46. The summed E-state index contributed by atoms with van der Waals surface area (Å²) in [5.74, 6) is -1.65. The van der Waals surface area contributed by atoms with Crippen molar-refractivity contribution < 1.29 is 19.5 Å². The van der Waals surface area contributed by atoms with E-state index in [4.69, 9.17) is 16.7 Å². The van der Waals surface area contributed by atoms with E-state index in [1.165, 1.54) is 41.4 Å². The molecule has 0 radical (unpaired) electrons. The van der Waals surface area contributed by atoms with Gasteiger partial charge in [0.05, 0.1) is 11.3 Å². The predicted molar refractivity (Wildman–Crippen MR) is 128 cm³/mol. The minimum absolute atomic E-state index is 0.112. The predicted octanol–water partition coefficient (Wildman–Crippen LogP) is 1.76. The van der Waals surface area contributed by atoms with Gasteiger partial charge in [0.2, 0.25) is 11.8 Å². The lowest BCUT2D eigenvalue weighted by molar-refractivity contribution is -0.124. The van der Waals surface area contributed by atoms with E-state index < -0.39 is 17.9 Å². The van der Waals surface area contributed by atoms with E-state index in [-0.39, 0.29) is 17.4 Å². The zero-order valence-corrected chi connectivity index (χ0v) is 19.1. The fourth-order valence-electron chi connectivity index (χ4n) is 3.53. The van der Waals surface area contributed by atoms with Gasteiger partial charge in [-0.25, -0.2) is 4.79 Å². The molecule has 1 unspecified atom stereocenters. The van der Waals surface area contributed by atoms with Gasteiger partial charge >= 0.3 is 5.97 Å². The minimum Gasteiger partial charge on any atom is -0.478 e. The first-order valence-corrected chi connectivity index (χ1v) is 11.1. The monoisotopic (exact) mass is 495 g/mol. The van der Waals surface area contributed by atoms with Crippen LogP contribution < -0.4 is 16.0 Å². The third kappa shape index (κ3) is 6.28. The molecule has 0 spiro atoms. The minimum atomic E-state index is -1.06. The van der Waals surface area contributed by atoms with Gasteiger partial charge in [-0.15, -0.1) is 5.10 Å². The Labute approximate surface area is 205 Å². The zero-order chi connectivity index (χ0) is 24.8. The number of carbonyl (C=O) groups is 3. The number of benzene rings is 2. The highest BCUT2D eigenvalue weighted by atomic mass is 35.5. The Morgan fingerprint density at radius 3 is 2.60 bits per heavy atom. The number of hydrogen-bond acceptors (Lipinski definition) is 7. The lowest BCUT2D eigenvalue weighted by atomic mass is 9.94. The van der Waals surface area contributed by atoms with Crippen molar-refractivity contribution in [3.05, 3.63) is 71.0 Å². The van der Waals surface area contributed by atoms with Gasteiger partial charge in [0.25, 0.3) is 0 Å². The number of halogens is 1. The van der Waals surface area contributed by atoms with Crippen LogP contribution in [0.4, 0.5) is 5.69 Å². The van der Waals surface area contributed by atoms with Crippen LogP contribution in [0.5, 0.6) is 0 Å². The Morgan fingerprint density at radius 2 is 1.97 bits per heavy atom. The maximum absolute atomic E-state index is 12.9. The van der Waals surface area contributed by atoms with Crippen molar-refractivity contribution in [1.29, 1.82) is 0 Å². The number of carbonyl (C=O) groups excluding carboxylic acids is 2. The van der Waals surface area contributed by atoms with E-state index in [1.54, 1.807) is 24.3 Å². The number of aromatic carboxylic acids is 1. The molecule has 12 heteroatoms. The summed E-state index contributed by atoms with van der Waals surface area (Å²) in [6, 6.07) is 10.1. The summed E-state index contributed by atoms with van der Waals surface area (Å²) >= 11 is 6.12. The number of tetrazole rings is 1. The van der Waals surface area contributed by atoms with Crippen LogP contribution in [0.15, 0.2) is 54.9 Å². The number of carboxylic acids is 1. The van der Waals surface area contributed by atoms with E-state index in [9.17, 15) is 14.4 Å². The Bertz CT molecular complexity index is 1240. The molecule has 4 N–H and O–H groups in total. The van der Waals surface area contributed by atoms with E-state index in [0.29, 0.717) is 28.4 Å². The van der Waals surface area contributed by atoms with Crippen molar-refractivity contribution in [3.63, 3.8) is 0 Å². The molecule has 180 valence electrons. The average molecular weight is 496 g/mol. The molecule has 11 nitrogen and oxygen atoms in total. The largest absolute Gasteiger partial charge is 0.478 e. The van der Waals surface area contributed by atoms with Crippen LogP contribution in [0.25, 0.3) is 11.8 Å². The molecule has 0 bridgehead atoms. The topological polar surface area (TPSA) is 151 Å². The number of amides is 2. The molecule has 1 aliphatic rings. The highest BCUT2D eigenvalue weighted by molar-refractivity contribution is 6.30. The van der Waals surface area contributed by atoms with Crippen molar-refractivity contribution >= 4 is 41.1 Å². The van der Waals surface area contributed by atoms with Gasteiger partial charge in [-0.05, 0) is 84.4 Å². The Morgan fingerprint density at radius 1 is 1.20 bits per heavy atom. The fraction of sp³-hybridized carbons (Fsp3) is 0.217. The summed E-state index contributed by atoms with van der Waals surface area (Å²) in [6.07, 6.45) is 4.78. The van der Waals surface area contributed by atoms with E-state index in [2.05, 4.69) is 31.5 Å². The molecule has 2 heterocycles. The summed E-state index contributed by atoms with van der Waals surface area (Å²) in [6.45, 7) is 1.53. The summed E-state index contributed by atoms with van der Waals surface area (Å²) in [4.78, 5) is 36.7. The SMILES string of the molecule is O=C(C=Cc1cc(Cl)ccc1-n1cnnn1)NC(CC1CNC1)C(=O)Nc1ccc(C(=O)O)cc1. The van der Waals surface area contributed by atoms with Crippen LogP contribution >= 0.6 is 11.6 Å². The van der Waals surface area contributed by atoms with Gasteiger partial charge in [0, 0.05) is 22.3 Å². The van der Waals surface area contributed by atoms with Crippen LogP contribution in [0, 0.1) is 5.92 Å². The second kappa shape index (κ2) is 10.9. The maximum Gasteiger partial charge on any atom is 0.335 e. The summed E-state index contributed by atoms with van der Waals surface area (Å²) < 4.78 is 1.45. The van der Waals surface area contributed by atoms with Crippen LogP contribution in [-0.4, -0.2) is 62.2 Å². The van der Waals surface area contributed by atoms with E-state index in [1.807, 2.05) is 0 Å². The highest BCUT2D eigenvalue weighted by Crippen LogP contribution is 2.20. The second-order valence-corrected chi connectivity index (χ2v) is 8.42. The fourth-order valence-corrected chi connectivity index (χ4v) is 3.71. The van der Waals surface area contributed by atoms with Gasteiger partial charge in [0.15, 0.2) is 0 Å². The molecule has 1 fully saturated rings. The van der Waals surface area contributed by atoms with E-state index >= 15 is 0 Å². The van der Waals surface area contributed by atoms with Crippen LogP contribution in [0.3, 0.4) is 0 Å². The molecular weight excluding hydrogens is 474 g/mol. The first kappa shape index (κ1) is 24.0. The molecule has 2 aromatic carbocycles. The number of nitrogens with zero attached hydrogens (tertiary/aromatic N) is 4. The van der Waals surface area contributed by atoms with Gasteiger partial charge in [-0.2, -0.15) is 4.68 Å². The number of aromatic nitrogens is 4. The average Bonchev–Trinajstić information content (AvgIpc) is 3.34. The molecule has 3 aromatic rings. The van der Waals surface area contributed by atoms with E-state index in [0.717, 1.165) is 13.1 Å². The molecule has 1 aliphatic heterocycles. The first-order valence-electron chi connectivity index (χ1n) is 10.8. The Hall–Kier alpha value is -4.09. The molecule has 35 heavy (non-hydrogen) atoms. The molecule has 4 rings (SSSR count). The van der Waals surface area contributed by atoms with Gasteiger partial charge in [-0.1, -0.05) is 11.6 Å². The van der Waals surface area contributed by atoms with Gasteiger partial charge in [0.1, 0.15) is 12.4 Å². The molecule has 0 saturated carbocycles. The van der Waals surface area contributed by atoms with Crippen molar-refractivity contribution in [2.45, 2.75) is 12.5 Å². The van der Waals surface area contributed by atoms with Gasteiger partial charge < -0.3 is 21.1 Å². The number of anilines is 1. The number of carboxylic acid groups (broad SMARTS) is 1. The lowest BCUT2D eigenvalue weighted by Crippen LogP contribution is -2.50. The smallest absolute Gasteiger partial charge is 0.335 e. The normalized spacial score (nSPS) is 14.3. The summed E-state index contributed by atoms with van der Waals surface area (Å²) in [5.41, 5.74) is 1.79. The maximum atomic E-state index is 12.9. The van der Waals surface area contributed by atoms with Crippen molar-refractivity contribution in [1.82, 2.24) is 30.8 Å². The third-order valence-corrected chi connectivity index (χ3v) is 5.70. The molecule has 1 aromatic heterocycles. The highest BCUT2D eigenvalue weighted by Gasteiger charge is 2.27. The van der Waals surface area contributed by atoms with Crippen LogP contribution in [0.2, 0.25) is 5.02 Å². The van der Waals surface area contributed by atoms with Crippen molar-refractivity contribution in [3.8, 4) is 5.69 Å². The first-order chi connectivity index (χ1) is 16.9. The zero-order valence-electron chi connectivity index (χ0n) is 18.4. The number of nitrogens with one attached hydrogen (secondary N) is 3. The summed E-state index contributed by atoms with van der Waals surface area (Å²) in [5, 5.41) is 29.3. The lowest BCUT2D eigenvalue weighted by Gasteiger charge is -2.30. The van der Waals surface area contributed by atoms with Crippen molar-refractivity contribution in [2.24, 2.45) is 5.92 Å². The molecule has 0 aliphatic carbocycles. The molecule has 1 atom stereocenters. The standard InChI is InChI=1S/C23H22ClN7O4/c24-17-4-7-20(31-13-26-29-30-31)16(10-17)3-8-21(32)28-19(9-14-11-25-12-14)22(33)27-18-5-1-15(2-6-18)23(34)35/h1-8,10,13-14,19,25H,9,11-12H2,(H,27,33)(H,28,32)(H,34,35).